The van der Waals surface area contributed by atoms with E-state index in [-0.39, 0.29) is 28.8 Å². The van der Waals surface area contributed by atoms with Crippen LogP contribution >= 0.6 is 11.6 Å². The summed E-state index contributed by atoms with van der Waals surface area (Å²) >= 11 is 6.05. The van der Waals surface area contributed by atoms with E-state index in [1.807, 2.05) is 14.1 Å². The average Bonchev–Trinajstić information content (AvgIpc) is 2.75. The Morgan fingerprint density at radius 1 is 1.50 bits per heavy atom. The fourth-order valence-electron chi connectivity index (χ4n) is 3.31. The number of nitrogens with one attached hydrogen (secondary N) is 2. The first kappa shape index (κ1) is 13.9. The maximum absolute atomic E-state index is 11.7. The molecule has 110 valence electrons. The Bertz CT molecular complexity index is 574. The van der Waals surface area contributed by atoms with Gasteiger partial charge in [0.05, 0.1) is 18.2 Å². The summed E-state index contributed by atoms with van der Waals surface area (Å²) in [5.74, 6) is 1.48. The minimum atomic E-state index is -0.304. The summed E-state index contributed by atoms with van der Waals surface area (Å²) in [6.07, 6.45) is 1.30. The van der Waals surface area contributed by atoms with E-state index in [4.69, 9.17) is 16.3 Å². The molecule has 2 heterocycles. The number of hydrogen-bond acceptors (Lipinski definition) is 5. The van der Waals surface area contributed by atoms with Crippen LogP contribution in [0.15, 0.2) is 4.79 Å². The Balaban J connectivity index is 1.85. The van der Waals surface area contributed by atoms with Gasteiger partial charge in [-0.25, -0.2) is 4.98 Å². The molecule has 1 aromatic heterocycles. The first-order chi connectivity index (χ1) is 9.49. The minimum Gasteiger partial charge on any atom is -0.376 e. The molecular weight excluding hydrogens is 280 g/mol. The van der Waals surface area contributed by atoms with Crippen molar-refractivity contribution in [2.75, 3.05) is 26.0 Å². The number of ether oxygens (including phenoxy) is 1. The van der Waals surface area contributed by atoms with E-state index in [0.29, 0.717) is 17.6 Å². The normalized spacial score (nSPS) is 32.0. The van der Waals surface area contributed by atoms with Crippen LogP contribution in [-0.4, -0.2) is 53.8 Å². The minimum absolute atomic E-state index is 0.121. The van der Waals surface area contributed by atoms with Crippen LogP contribution in [0.3, 0.4) is 0 Å². The maximum atomic E-state index is 11.7. The van der Waals surface area contributed by atoms with Crippen LogP contribution in [-0.2, 0) is 4.74 Å². The molecule has 7 heteroatoms. The molecule has 0 bridgehead atoms. The third-order valence-corrected chi connectivity index (χ3v) is 4.58. The zero-order valence-electron chi connectivity index (χ0n) is 11.8. The Hall–Kier alpha value is -1.11. The summed E-state index contributed by atoms with van der Waals surface area (Å²) in [5.41, 5.74) is -0.304. The van der Waals surface area contributed by atoms with Crippen LogP contribution in [0.25, 0.3) is 0 Å². The molecule has 1 saturated carbocycles. The molecule has 0 aromatic carbocycles. The van der Waals surface area contributed by atoms with Gasteiger partial charge in [-0.15, -0.1) is 0 Å². The van der Waals surface area contributed by atoms with Crippen molar-refractivity contribution < 1.29 is 4.74 Å². The van der Waals surface area contributed by atoms with Gasteiger partial charge in [-0.3, -0.25) is 4.79 Å². The molecule has 2 aliphatic rings. The highest BCUT2D eigenvalue weighted by molar-refractivity contribution is 6.32. The molecule has 0 unspecified atom stereocenters. The third kappa shape index (κ3) is 2.12. The zero-order valence-corrected chi connectivity index (χ0v) is 12.6. The van der Waals surface area contributed by atoms with E-state index in [2.05, 4.69) is 20.2 Å². The van der Waals surface area contributed by atoms with E-state index in [9.17, 15) is 4.79 Å². The second-order valence-corrected chi connectivity index (χ2v) is 6.10. The second kappa shape index (κ2) is 5.02. The van der Waals surface area contributed by atoms with Crippen molar-refractivity contribution in [3.8, 4) is 0 Å². The summed E-state index contributed by atoms with van der Waals surface area (Å²) in [7, 11) is 4.07. The van der Waals surface area contributed by atoms with E-state index in [1.54, 1.807) is 6.92 Å². The molecule has 1 aliphatic carbocycles. The van der Waals surface area contributed by atoms with Crippen LogP contribution in [0, 0.1) is 12.8 Å². The SMILES string of the molecule is Cc1nc(N[C@H]2[C@H]3CCO[C@H]3[C@@H]2N(C)C)c(Cl)c(=O)[nH]1. The molecule has 20 heavy (non-hydrogen) atoms. The van der Waals surface area contributed by atoms with E-state index in [1.165, 1.54) is 0 Å². The first-order valence-electron chi connectivity index (χ1n) is 6.80. The van der Waals surface area contributed by atoms with Crippen molar-refractivity contribution in [1.82, 2.24) is 14.9 Å². The fraction of sp³-hybridized carbons (Fsp3) is 0.692. The number of aromatic nitrogens is 2. The standard InChI is InChI=1S/C13H19ClN4O2/c1-6-15-12(8(14)13(19)16-6)17-9-7-4-5-20-11(7)10(9)18(2)3/h7,9-11H,4-5H2,1-3H3,(H2,15,16,17,19)/t7-,9+,10-,11-/m1/s1. The van der Waals surface area contributed by atoms with Gasteiger partial charge in [0.2, 0.25) is 0 Å². The van der Waals surface area contributed by atoms with Crippen molar-refractivity contribution >= 4 is 17.4 Å². The number of aromatic amines is 1. The van der Waals surface area contributed by atoms with Crippen molar-refractivity contribution in [1.29, 1.82) is 0 Å². The molecule has 2 N–H and O–H groups in total. The third-order valence-electron chi connectivity index (χ3n) is 4.23. The monoisotopic (exact) mass is 298 g/mol. The highest BCUT2D eigenvalue weighted by Crippen LogP contribution is 2.42. The summed E-state index contributed by atoms with van der Waals surface area (Å²) in [6.45, 7) is 2.54. The number of anilines is 1. The lowest BCUT2D eigenvalue weighted by Gasteiger charge is -2.51. The lowest BCUT2D eigenvalue weighted by Crippen LogP contribution is -2.66. The van der Waals surface area contributed by atoms with Crippen LogP contribution in [0.1, 0.15) is 12.2 Å². The fourth-order valence-corrected chi connectivity index (χ4v) is 3.45. The average molecular weight is 299 g/mol. The Morgan fingerprint density at radius 2 is 2.25 bits per heavy atom. The Labute approximate surface area is 122 Å². The Morgan fingerprint density at radius 3 is 2.95 bits per heavy atom. The molecule has 4 atom stereocenters. The van der Waals surface area contributed by atoms with E-state index in [0.717, 1.165) is 13.0 Å². The van der Waals surface area contributed by atoms with Gasteiger partial charge in [-0.05, 0) is 27.4 Å². The summed E-state index contributed by atoms with van der Waals surface area (Å²) in [4.78, 5) is 20.7. The first-order valence-corrected chi connectivity index (χ1v) is 7.18. The molecule has 1 saturated heterocycles. The van der Waals surface area contributed by atoms with Gasteiger partial charge >= 0.3 is 0 Å². The van der Waals surface area contributed by atoms with Crippen molar-refractivity contribution in [2.45, 2.75) is 31.5 Å². The molecule has 3 rings (SSSR count). The molecule has 2 fully saturated rings. The highest BCUT2D eigenvalue weighted by atomic mass is 35.5. The van der Waals surface area contributed by atoms with Gasteiger partial charge in [0, 0.05) is 12.5 Å². The number of rotatable bonds is 3. The van der Waals surface area contributed by atoms with Gasteiger partial charge in [0.1, 0.15) is 10.8 Å². The van der Waals surface area contributed by atoms with Gasteiger partial charge in [0.25, 0.3) is 5.56 Å². The number of likely N-dealkylation sites (N-methyl/N-ethyl adjacent to an activating group) is 1. The topological polar surface area (TPSA) is 70.2 Å². The second-order valence-electron chi connectivity index (χ2n) is 5.73. The molecule has 0 spiro atoms. The number of nitrogens with zero attached hydrogens (tertiary/aromatic N) is 2. The number of aryl methyl sites for hydroxylation is 1. The molecule has 1 aliphatic heterocycles. The summed E-state index contributed by atoms with van der Waals surface area (Å²) < 4.78 is 5.77. The predicted octanol–water partition coefficient (Wildman–Crippen LogP) is 0.861. The lowest BCUT2D eigenvalue weighted by molar-refractivity contribution is -0.0516. The highest BCUT2D eigenvalue weighted by Gasteiger charge is 2.55. The molecular formula is C13H19ClN4O2. The van der Waals surface area contributed by atoms with Gasteiger partial charge in [-0.1, -0.05) is 11.6 Å². The van der Waals surface area contributed by atoms with Gasteiger partial charge in [0.15, 0.2) is 5.82 Å². The van der Waals surface area contributed by atoms with Gasteiger partial charge < -0.3 is 19.9 Å². The molecule has 0 amide bonds. The van der Waals surface area contributed by atoms with Crippen molar-refractivity contribution in [3.05, 3.63) is 21.2 Å². The number of fused-ring (bicyclic) bond motifs is 1. The largest absolute Gasteiger partial charge is 0.376 e. The van der Waals surface area contributed by atoms with Crippen LogP contribution in [0.2, 0.25) is 5.02 Å². The lowest BCUT2D eigenvalue weighted by atomic mass is 9.71. The van der Waals surface area contributed by atoms with Crippen LogP contribution in [0.4, 0.5) is 5.82 Å². The smallest absolute Gasteiger partial charge is 0.271 e. The van der Waals surface area contributed by atoms with E-state index < -0.39 is 0 Å². The number of hydrogen-bond donors (Lipinski definition) is 2. The maximum Gasteiger partial charge on any atom is 0.271 e. The van der Waals surface area contributed by atoms with Crippen molar-refractivity contribution in [3.63, 3.8) is 0 Å². The zero-order chi connectivity index (χ0) is 14.4. The van der Waals surface area contributed by atoms with Crippen molar-refractivity contribution in [2.24, 2.45) is 5.92 Å². The van der Waals surface area contributed by atoms with Crippen LogP contribution in [0.5, 0.6) is 0 Å². The quantitative estimate of drug-likeness (QED) is 0.866. The van der Waals surface area contributed by atoms with E-state index >= 15 is 0 Å². The number of H-pyrrole nitrogens is 1. The number of halogens is 1. The van der Waals surface area contributed by atoms with Crippen LogP contribution < -0.4 is 10.9 Å². The molecule has 6 nitrogen and oxygen atoms in total. The molecule has 0 radical (unpaired) electrons. The predicted molar refractivity (Wildman–Crippen MR) is 77.3 cm³/mol. The Kier molecular flexibility index (Phi) is 3.48. The summed E-state index contributed by atoms with van der Waals surface area (Å²) in [5, 5.41) is 3.47. The molecule has 1 aromatic rings. The summed E-state index contributed by atoms with van der Waals surface area (Å²) in [6, 6.07) is 0.490. The van der Waals surface area contributed by atoms with Gasteiger partial charge in [-0.2, -0.15) is 0 Å².